The van der Waals surface area contributed by atoms with Crippen LogP contribution in [-0.2, 0) is 13.6 Å². The van der Waals surface area contributed by atoms with E-state index >= 15 is 0 Å². The van der Waals surface area contributed by atoms with Crippen LogP contribution >= 0.6 is 8.25 Å². The number of unbranched alkanes of at least 4 members (excludes halogenated alkanes) is 56. The highest BCUT2D eigenvalue weighted by molar-refractivity contribution is 7.33. The quantitative estimate of drug-likeness (QED) is 0.0450. The fraction of sp³-hybridized carbons (Fsp3) is 1.00. The summed E-state index contributed by atoms with van der Waals surface area (Å²) in [5.74, 6) is 0. The van der Waals surface area contributed by atoms with Crippen molar-refractivity contribution < 1.29 is 13.6 Å². The Kier molecular flexibility index (Phi) is 154. The summed E-state index contributed by atoms with van der Waals surface area (Å²) in [5.41, 5.74) is 0. The molecule has 0 saturated heterocycles. The summed E-state index contributed by atoms with van der Waals surface area (Å²) in [6.07, 6.45) is 91.7. The van der Waals surface area contributed by atoms with Crippen molar-refractivity contribution in [1.82, 2.24) is 0 Å². The van der Waals surface area contributed by atoms with Crippen LogP contribution in [0.2, 0.25) is 0 Å². The first-order valence-electron chi connectivity index (χ1n) is 40.7. The van der Waals surface area contributed by atoms with Gasteiger partial charge in [-0.3, -0.25) is 4.57 Å². The van der Waals surface area contributed by atoms with Crippen LogP contribution in [0, 0.1) is 0 Å². The van der Waals surface area contributed by atoms with Crippen LogP contribution < -0.4 is 0 Å². The summed E-state index contributed by atoms with van der Waals surface area (Å²) in [6.45, 7) is 36.3. The van der Waals surface area contributed by atoms with Gasteiger partial charge < -0.3 is 9.05 Å². The number of hydrogen-bond acceptors (Lipinski definition) is 3. The first-order valence-corrected chi connectivity index (χ1v) is 42.0. The van der Waals surface area contributed by atoms with E-state index in [4.69, 9.17) is 0 Å². The molecule has 0 aromatic heterocycles. The molecule has 0 fully saturated rings. The van der Waals surface area contributed by atoms with E-state index in [1.54, 1.807) is 0 Å². The lowest BCUT2D eigenvalue weighted by molar-refractivity contribution is 0.302. The average molecular weight is 1250 g/mol. The van der Waals surface area contributed by atoms with Crippen LogP contribution in [0.15, 0.2) is 0 Å². The minimum atomic E-state index is -2.12. The van der Waals surface area contributed by atoms with Gasteiger partial charge in [0.1, 0.15) is 0 Å². The second-order valence-corrected chi connectivity index (χ2v) is 26.9. The van der Waals surface area contributed by atoms with Gasteiger partial charge in [0.25, 0.3) is 0 Å². The van der Waals surface area contributed by atoms with E-state index < -0.39 is 8.25 Å². The molecule has 0 amide bonds. The molecule has 86 heavy (non-hydrogen) atoms. The predicted octanol–water partition coefficient (Wildman–Crippen LogP) is 33.8. The molecule has 0 aliphatic carbocycles. The van der Waals surface area contributed by atoms with Crippen molar-refractivity contribution in [3.8, 4) is 0 Å². The Labute approximate surface area is 554 Å². The molecule has 0 aromatic carbocycles. The molecular weight excluding hydrogens is 1060 g/mol. The zero-order chi connectivity index (χ0) is 66.2. The Bertz CT molecular complexity index is 649. The van der Waals surface area contributed by atoms with Crippen LogP contribution in [0.25, 0.3) is 0 Å². The molecule has 0 bridgehead atoms. The maximum atomic E-state index is 9.92. The molecule has 4 heteroatoms. The molecule has 0 N–H and O–H groups in total. The zero-order valence-corrected chi connectivity index (χ0v) is 66.0. The lowest BCUT2D eigenvalue weighted by Gasteiger charge is -1.97. The van der Waals surface area contributed by atoms with Crippen molar-refractivity contribution in [2.24, 2.45) is 0 Å². The van der Waals surface area contributed by atoms with Gasteiger partial charge in [0, 0.05) is 14.2 Å². The van der Waals surface area contributed by atoms with Gasteiger partial charge in [-0.1, -0.05) is 522 Å². The third-order valence-corrected chi connectivity index (χ3v) is 16.7. The van der Waals surface area contributed by atoms with Crippen molar-refractivity contribution in [2.75, 3.05) is 14.2 Å². The number of hydrogen-bond donors (Lipinski definition) is 0. The van der Waals surface area contributed by atoms with Gasteiger partial charge in [0.05, 0.1) is 0 Å². The fourth-order valence-corrected chi connectivity index (χ4v) is 9.91. The molecule has 0 aliphatic heterocycles. The monoisotopic (exact) mass is 1250 g/mol. The molecule has 0 saturated carbocycles. The third kappa shape index (κ3) is 161. The smallest absolute Gasteiger partial charge is 0.314 e. The Morgan fingerprint density at radius 3 is 0.233 bits per heavy atom. The van der Waals surface area contributed by atoms with Crippen molar-refractivity contribution in [1.29, 1.82) is 0 Å². The van der Waals surface area contributed by atoms with Crippen molar-refractivity contribution in [3.05, 3.63) is 0 Å². The van der Waals surface area contributed by atoms with Crippen LogP contribution in [0.5, 0.6) is 0 Å². The molecule has 0 aromatic rings. The van der Waals surface area contributed by atoms with E-state index in [0.717, 1.165) is 0 Å². The standard InChI is InChI=1S/8C10H22.C2H7O3P/c8*1-3-5-7-9-10-8-6-4-2;1-4-6(3)5-2/h8*3-10H2,1-2H3;6H,1-2H3. The van der Waals surface area contributed by atoms with Gasteiger partial charge in [-0.2, -0.15) is 0 Å². The molecule has 3 nitrogen and oxygen atoms in total. The second kappa shape index (κ2) is 126. The van der Waals surface area contributed by atoms with Crippen LogP contribution in [0.4, 0.5) is 0 Å². The molecule has 0 radical (unpaired) electrons. The predicted molar refractivity (Wildman–Crippen MR) is 409 cm³/mol. The zero-order valence-electron chi connectivity index (χ0n) is 65.0. The first kappa shape index (κ1) is 105. The molecular formula is C82H183O3P. The molecule has 0 rings (SSSR count). The van der Waals surface area contributed by atoms with E-state index in [9.17, 15) is 4.57 Å². The number of rotatable bonds is 58. The largest absolute Gasteiger partial charge is 0.318 e. The Morgan fingerprint density at radius 1 is 0.140 bits per heavy atom. The van der Waals surface area contributed by atoms with Gasteiger partial charge in [0.15, 0.2) is 0 Å². The van der Waals surface area contributed by atoms with Gasteiger partial charge in [0.2, 0.25) is 0 Å². The molecule has 0 unspecified atom stereocenters. The highest BCUT2D eigenvalue weighted by Crippen LogP contribution is 2.18. The van der Waals surface area contributed by atoms with Gasteiger partial charge in [-0.05, 0) is 0 Å². The van der Waals surface area contributed by atoms with Crippen LogP contribution in [0.1, 0.15) is 522 Å². The van der Waals surface area contributed by atoms with Gasteiger partial charge in [-0.25, -0.2) is 0 Å². The lowest BCUT2D eigenvalue weighted by Crippen LogP contribution is -1.77. The molecule has 0 spiro atoms. The van der Waals surface area contributed by atoms with E-state index in [0.29, 0.717) is 0 Å². The maximum absolute atomic E-state index is 9.92. The van der Waals surface area contributed by atoms with E-state index in [1.165, 1.54) is 425 Å². The third-order valence-electron chi connectivity index (χ3n) is 16.0. The lowest BCUT2D eigenvalue weighted by atomic mass is 10.1. The van der Waals surface area contributed by atoms with Crippen LogP contribution in [0.3, 0.4) is 0 Å². The molecule has 0 atom stereocenters. The summed E-state index contributed by atoms with van der Waals surface area (Å²) in [4.78, 5) is 0. The van der Waals surface area contributed by atoms with Crippen molar-refractivity contribution in [3.63, 3.8) is 0 Å². The van der Waals surface area contributed by atoms with E-state index in [2.05, 4.69) is 120 Å². The minimum absolute atomic E-state index is 1.34. The van der Waals surface area contributed by atoms with E-state index in [-0.39, 0.29) is 0 Å². The Balaban J connectivity index is -0.000000111. The van der Waals surface area contributed by atoms with Gasteiger partial charge >= 0.3 is 8.25 Å². The SMILES string of the molecule is CCCCCCCCCC.CCCCCCCCCC.CCCCCCCCCC.CCCCCCCCCC.CCCCCCCCCC.CCCCCCCCCC.CCCCCCCCCC.CCCCCCCCCC.CO[PH](=O)OC. The van der Waals surface area contributed by atoms with Crippen molar-refractivity contribution in [2.45, 2.75) is 522 Å². The summed E-state index contributed by atoms with van der Waals surface area (Å²) in [6, 6.07) is 0. The summed E-state index contributed by atoms with van der Waals surface area (Å²) < 4.78 is 18.4. The Morgan fingerprint density at radius 2 is 0.198 bits per heavy atom. The van der Waals surface area contributed by atoms with Crippen LogP contribution in [-0.4, -0.2) is 14.2 Å². The van der Waals surface area contributed by atoms with Crippen molar-refractivity contribution >= 4 is 8.25 Å². The highest BCUT2D eigenvalue weighted by atomic mass is 31.1. The van der Waals surface area contributed by atoms with Gasteiger partial charge in [-0.15, -0.1) is 0 Å². The summed E-state index contributed by atoms with van der Waals surface area (Å²) in [5, 5.41) is 0. The molecule has 534 valence electrons. The first-order chi connectivity index (χ1) is 42.1. The molecule has 0 aliphatic rings. The summed E-state index contributed by atoms with van der Waals surface area (Å²) >= 11 is 0. The summed E-state index contributed by atoms with van der Waals surface area (Å²) in [7, 11) is 0.558. The maximum Gasteiger partial charge on any atom is 0.318 e. The topological polar surface area (TPSA) is 35.5 Å². The fourth-order valence-electron chi connectivity index (χ4n) is 9.74. The average Bonchev–Trinajstić information content (AvgIpc) is 3.53. The molecule has 0 heterocycles. The second-order valence-electron chi connectivity index (χ2n) is 25.6. The normalized spacial score (nSPS) is 10.2. The Hall–Kier alpha value is 0.150. The minimum Gasteiger partial charge on any atom is -0.314 e. The highest BCUT2D eigenvalue weighted by Gasteiger charge is 1.94. The van der Waals surface area contributed by atoms with E-state index in [1.807, 2.05) is 0 Å².